The average molecular weight is 225 g/mol. The van der Waals surface area contributed by atoms with E-state index in [1.54, 1.807) is 0 Å². The Hall–Kier alpha value is -0.840. The largest absolute Gasteiger partial charge is 0.480 e. The maximum absolute atomic E-state index is 12.9. The van der Waals surface area contributed by atoms with Gasteiger partial charge in [-0.3, -0.25) is 5.43 Å². The Morgan fingerprint density at radius 3 is 2.79 bits per heavy atom. The second-order valence-electron chi connectivity index (χ2n) is 3.01. The number of halogens is 3. The van der Waals surface area contributed by atoms with Crippen molar-refractivity contribution in [1.82, 2.24) is 5.43 Å². The fourth-order valence-corrected chi connectivity index (χ4v) is 1.25. The molecule has 0 aliphatic carbocycles. The Bertz CT molecular complexity index is 273. The first-order valence-corrected chi connectivity index (χ1v) is 4.54. The fourth-order valence-electron chi connectivity index (χ4n) is 1.05. The standard InChI is InChI=1S/C8H11ClF2N2O/c1-8(10,11)6-3-5(4-9)7(14-2)13-12-6/h3,6,12H,4H2,1-2H3. The van der Waals surface area contributed by atoms with Crippen LogP contribution in [-0.2, 0) is 4.74 Å². The van der Waals surface area contributed by atoms with E-state index in [0.29, 0.717) is 5.57 Å². The molecular formula is C8H11ClF2N2O. The van der Waals surface area contributed by atoms with Crippen molar-refractivity contribution in [3.63, 3.8) is 0 Å². The molecule has 0 amide bonds. The first-order chi connectivity index (χ1) is 6.49. The van der Waals surface area contributed by atoms with Gasteiger partial charge >= 0.3 is 0 Å². The van der Waals surface area contributed by atoms with Crippen LogP contribution in [0.25, 0.3) is 0 Å². The van der Waals surface area contributed by atoms with Crippen molar-refractivity contribution in [3.05, 3.63) is 11.6 Å². The number of ether oxygens (including phenoxy) is 1. The smallest absolute Gasteiger partial charge is 0.270 e. The number of hydrogen-bond donors (Lipinski definition) is 1. The van der Waals surface area contributed by atoms with Crippen LogP contribution in [0.15, 0.2) is 16.8 Å². The van der Waals surface area contributed by atoms with Crippen LogP contribution in [0.3, 0.4) is 0 Å². The predicted molar refractivity (Wildman–Crippen MR) is 50.8 cm³/mol. The third kappa shape index (κ3) is 2.35. The zero-order chi connectivity index (χ0) is 10.8. The summed E-state index contributed by atoms with van der Waals surface area (Å²) in [6.07, 6.45) is 1.33. The van der Waals surface area contributed by atoms with Gasteiger partial charge in [-0.1, -0.05) is 0 Å². The molecule has 0 saturated carbocycles. The molecule has 0 aromatic rings. The number of nitrogens with zero attached hydrogens (tertiary/aromatic N) is 1. The monoisotopic (exact) mass is 224 g/mol. The van der Waals surface area contributed by atoms with E-state index in [9.17, 15) is 8.78 Å². The highest BCUT2D eigenvalue weighted by Crippen LogP contribution is 2.22. The summed E-state index contributed by atoms with van der Waals surface area (Å²) in [7, 11) is 1.41. The van der Waals surface area contributed by atoms with E-state index in [1.165, 1.54) is 13.2 Å². The van der Waals surface area contributed by atoms with Crippen molar-refractivity contribution in [3.8, 4) is 0 Å². The van der Waals surface area contributed by atoms with E-state index in [1.807, 2.05) is 0 Å². The zero-order valence-electron chi connectivity index (χ0n) is 7.85. The van der Waals surface area contributed by atoms with Gasteiger partial charge in [0.15, 0.2) is 0 Å². The average Bonchev–Trinajstić information content (AvgIpc) is 2.15. The van der Waals surface area contributed by atoms with E-state index in [0.717, 1.165) is 6.92 Å². The van der Waals surface area contributed by atoms with Gasteiger partial charge in [0.25, 0.3) is 5.92 Å². The lowest BCUT2D eigenvalue weighted by molar-refractivity contribution is -0.00311. The molecule has 1 N–H and O–H groups in total. The summed E-state index contributed by atoms with van der Waals surface area (Å²) in [6, 6.07) is -1.13. The summed E-state index contributed by atoms with van der Waals surface area (Å²) in [5.41, 5.74) is 2.77. The van der Waals surface area contributed by atoms with Crippen LogP contribution in [-0.4, -0.2) is 30.9 Å². The number of rotatable bonds is 2. The zero-order valence-corrected chi connectivity index (χ0v) is 8.61. The summed E-state index contributed by atoms with van der Waals surface area (Å²) >= 11 is 5.57. The molecule has 0 spiro atoms. The molecule has 14 heavy (non-hydrogen) atoms. The molecule has 0 fully saturated rings. The van der Waals surface area contributed by atoms with Gasteiger partial charge in [0.2, 0.25) is 5.90 Å². The van der Waals surface area contributed by atoms with Gasteiger partial charge in [-0.15, -0.1) is 16.7 Å². The van der Waals surface area contributed by atoms with E-state index in [4.69, 9.17) is 16.3 Å². The molecule has 6 heteroatoms. The highest BCUT2D eigenvalue weighted by atomic mass is 35.5. The number of hydrazone groups is 1. The minimum absolute atomic E-state index is 0.0981. The lowest BCUT2D eigenvalue weighted by Gasteiger charge is -2.25. The van der Waals surface area contributed by atoms with Crippen molar-refractivity contribution < 1.29 is 13.5 Å². The SMILES string of the molecule is COC1=NNC(C(C)(F)F)C=C1CCl. The molecule has 0 aromatic heterocycles. The van der Waals surface area contributed by atoms with Gasteiger partial charge < -0.3 is 4.74 Å². The Balaban J connectivity index is 2.84. The molecule has 0 radical (unpaired) electrons. The molecule has 3 nitrogen and oxygen atoms in total. The molecule has 80 valence electrons. The first kappa shape index (κ1) is 11.2. The van der Waals surface area contributed by atoms with Crippen LogP contribution < -0.4 is 5.43 Å². The van der Waals surface area contributed by atoms with Gasteiger partial charge in [0, 0.05) is 12.5 Å². The third-order valence-corrected chi connectivity index (χ3v) is 2.12. The van der Waals surface area contributed by atoms with Crippen molar-refractivity contribution in [2.75, 3.05) is 13.0 Å². The number of hydrogen-bond acceptors (Lipinski definition) is 3. The summed E-state index contributed by atoms with van der Waals surface area (Å²) in [5, 5.41) is 3.66. The van der Waals surface area contributed by atoms with Gasteiger partial charge in [-0.05, 0) is 6.08 Å². The van der Waals surface area contributed by atoms with Gasteiger partial charge in [-0.25, -0.2) is 8.78 Å². The summed E-state index contributed by atoms with van der Waals surface area (Å²) < 4.78 is 30.6. The Kier molecular flexibility index (Phi) is 3.31. The highest BCUT2D eigenvalue weighted by Gasteiger charge is 2.35. The molecule has 1 aliphatic heterocycles. The lowest BCUT2D eigenvalue weighted by Crippen LogP contribution is -2.42. The van der Waals surface area contributed by atoms with Gasteiger partial charge in [0.1, 0.15) is 6.04 Å². The Morgan fingerprint density at radius 1 is 1.71 bits per heavy atom. The number of methoxy groups -OCH3 is 1. The predicted octanol–water partition coefficient (Wildman–Crippen LogP) is 1.74. The minimum Gasteiger partial charge on any atom is -0.480 e. The molecule has 1 heterocycles. The second-order valence-corrected chi connectivity index (χ2v) is 3.28. The van der Waals surface area contributed by atoms with Gasteiger partial charge in [-0.2, -0.15) is 0 Å². The Labute approximate surface area is 85.8 Å². The normalized spacial score (nSPS) is 22.2. The van der Waals surface area contributed by atoms with Crippen LogP contribution in [0, 0.1) is 0 Å². The van der Waals surface area contributed by atoms with Crippen LogP contribution in [0.2, 0.25) is 0 Å². The van der Waals surface area contributed by atoms with E-state index >= 15 is 0 Å². The minimum atomic E-state index is -2.87. The molecule has 1 rings (SSSR count). The summed E-state index contributed by atoms with van der Waals surface area (Å²) in [4.78, 5) is 0. The van der Waals surface area contributed by atoms with E-state index in [-0.39, 0.29) is 11.8 Å². The maximum Gasteiger partial charge on any atom is 0.270 e. The van der Waals surface area contributed by atoms with Crippen LogP contribution in [0.1, 0.15) is 6.92 Å². The fraction of sp³-hybridized carbons (Fsp3) is 0.625. The molecule has 0 bridgehead atoms. The third-order valence-electron chi connectivity index (χ3n) is 1.83. The molecule has 1 aliphatic rings. The van der Waals surface area contributed by atoms with Gasteiger partial charge in [0.05, 0.1) is 13.0 Å². The quantitative estimate of drug-likeness (QED) is 0.725. The van der Waals surface area contributed by atoms with Crippen molar-refractivity contribution in [2.24, 2.45) is 5.10 Å². The molecule has 0 aromatic carbocycles. The second kappa shape index (κ2) is 4.13. The maximum atomic E-state index is 12.9. The molecule has 1 unspecified atom stereocenters. The molecule has 1 atom stereocenters. The summed E-state index contributed by atoms with van der Waals surface area (Å²) in [6.45, 7) is 0.820. The van der Waals surface area contributed by atoms with Crippen molar-refractivity contribution in [2.45, 2.75) is 18.9 Å². The summed E-state index contributed by atoms with van der Waals surface area (Å²) in [5.74, 6) is -2.53. The van der Waals surface area contributed by atoms with Crippen molar-refractivity contribution in [1.29, 1.82) is 0 Å². The van der Waals surface area contributed by atoms with E-state index in [2.05, 4.69) is 10.5 Å². The lowest BCUT2D eigenvalue weighted by atomic mass is 10.1. The topological polar surface area (TPSA) is 33.6 Å². The van der Waals surface area contributed by atoms with Crippen molar-refractivity contribution >= 4 is 17.5 Å². The molecular weight excluding hydrogens is 214 g/mol. The first-order valence-electron chi connectivity index (χ1n) is 4.01. The van der Waals surface area contributed by atoms with Crippen LogP contribution >= 0.6 is 11.6 Å². The number of nitrogens with one attached hydrogen (secondary N) is 1. The molecule has 0 saturated heterocycles. The van der Waals surface area contributed by atoms with E-state index < -0.39 is 12.0 Å². The van der Waals surface area contributed by atoms with Crippen LogP contribution in [0.4, 0.5) is 8.78 Å². The Morgan fingerprint density at radius 2 is 2.36 bits per heavy atom. The number of alkyl halides is 3. The highest BCUT2D eigenvalue weighted by molar-refractivity contribution is 6.22. The van der Waals surface area contributed by atoms with Crippen LogP contribution in [0.5, 0.6) is 0 Å².